The molecule has 1 heterocycles. The quantitative estimate of drug-likeness (QED) is 0.625. The number of benzene rings is 1. The van der Waals surface area contributed by atoms with Gasteiger partial charge in [0.25, 0.3) is 0 Å². The molecule has 0 fully saturated rings. The van der Waals surface area contributed by atoms with Crippen molar-refractivity contribution in [3.05, 3.63) is 31.8 Å². The SMILES string of the molecule is Cc1csc(-c2c(C)cc(C(=O)O)c(N)c2I)n1. The summed E-state index contributed by atoms with van der Waals surface area (Å²) in [6.07, 6.45) is 0. The van der Waals surface area contributed by atoms with Crippen molar-refractivity contribution in [3.63, 3.8) is 0 Å². The number of halogens is 1. The third-order valence-corrected chi connectivity index (χ3v) is 4.66. The van der Waals surface area contributed by atoms with Crippen molar-refractivity contribution in [2.24, 2.45) is 0 Å². The number of nitrogens with zero attached hydrogens (tertiary/aromatic N) is 1. The summed E-state index contributed by atoms with van der Waals surface area (Å²) in [5.74, 6) is -1.00. The van der Waals surface area contributed by atoms with E-state index in [1.807, 2.05) is 19.2 Å². The average molecular weight is 374 g/mol. The van der Waals surface area contributed by atoms with Crippen LogP contribution < -0.4 is 5.73 Å². The maximum absolute atomic E-state index is 11.1. The van der Waals surface area contributed by atoms with Crippen molar-refractivity contribution in [1.82, 2.24) is 4.98 Å². The number of carboxylic acids is 1. The van der Waals surface area contributed by atoms with Gasteiger partial charge in [-0.3, -0.25) is 0 Å². The van der Waals surface area contributed by atoms with Gasteiger partial charge in [0.2, 0.25) is 0 Å². The summed E-state index contributed by atoms with van der Waals surface area (Å²) in [6.45, 7) is 3.80. The van der Waals surface area contributed by atoms with E-state index in [0.29, 0.717) is 5.69 Å². The van der Waals surface area contributed by atoms with Crippen LogP contribution in [0.1, 0.15) is 21.6 Å². The molecule has 0 aliphatic rings. The minimum Gasteiger partial charge on any atom is -0.478 e. The highest BCUT2D eigenvalue weighted by molar-refractivity contribution is 14.1. The smallest absolute Gasteiger partial charge is 0.337 e. The number of aryl methyl sites for hydroxylation is 2. The zero-order chi connectivity index (χ0) is 13.4. The van der Waals surface area contributed by atoms with Gasteiger partial charge < -0.3 is 10.8 Å². The monoisotopic (exact) mass is 374 g/mol. The lowest BCUT2D eigenvalue weighted by molar-refractivity contribution is 0.0698. The number of carboxylic acid groups (broad SMARTS) is 1. The molecule has 0 saturated carbocycles. The highest BCUT2D eigenvalue weighted by Gasteiger charge is 2.19. The molecule has 2 aromatic rings. The number of nitrogens with two attached hydrogens (primary N) is 1. The molecule has 3 N–H and O–H groups in total. The highest BCUT2D eigenvalue weighted by atomic mass is 127. The largest absolute Gasteiger partial charge is 0.478 e. The van der Waals surface area contributed by atoms with E-state index in [1.54, 1.807) is 6.07 Å². The first-order chi connectivity index (χ1) is 8.41. The molecule has 0 amide bonds. The summed E-state index contributed by atoms with van der Waals surface area (Å²) in [4.78, 5) is 15.5. The van der Waals surface area contributed by atoms with Gasteiger partial charge in [0.15, 0.2) is 0 Å². The Morgan fingerprint density at radius 2 is 2.17 bits per heavy atom. The summed E-state index contributed by atoms with van der Waals surface area (Å²) < 4.78 is 0.749. The molecule has 1 aromatic heterocycles. The zero-order valence-electron chi connectivity index (χ0n) is 9.82. The third kappa shape index (κ3) is 2.22. The molecule has 0 aliphatic heterocycles. The van der Waals surface area contributed by atoms with E-state index in [9.17, 15) is 4.79 Å². The third-order valence-electron chi connectivity index (χ3n) is 2.56. The number of thiazole rings is 1. The highest BCUT2D eigenvalue weighted by Crippen LogP contribution is 2.36. The number of hydrogen-bond acceptors (Lipinski definition) is 4. The number of aromatic nitrogens is 1. The van der Waals surface area contributed by atoms with Crippen molar-refractivity contribution in [2.75, 3.05) is 5.73 Å². The number of nitrogen functional groups attached to an aromatic ring is 1. The van der Waals surface area contributed by atoms with E-state index in [0.717, 1.165) is 25.4 Å². The first-order valence-electron chi connectivity index (χ1n) is 5.16. The van der Waals surface area contributed by atoms with Crippen LogP contribution in [0.25, 0.3) is 10.6 Å². The molecule has 0 atom stereocenters. The number of rotatable bonds is 2. The maximum atomic E-state index is 11.1. The van der Waals surface area contributed by atoms with Crippen LogP contribution in [0, 0.1) is 17.4 Å². The molecule has 2 rings (SSSR count). The number of anilines is 1. The Balaban J connectivity index is 2.70. The lowest BCUT2D eigenvalue weighted by Crippen LogP contribution is -2.06. The van der Waals surface area contributed by atoms with E-state index in [4.69, 9.17) is 10.8 Å². The molecule has 94 valence electrons. The van der Waals surface area contributed by atoms with Crippen LogP contribution in [0.4, 0.5) is 5.69 Å². The fraction of sp³-hybridized carbons (Fsp3) is 0.167. The van der Waals surface area contributed by atoms with Crippen LogP contribution in [0.2, 0.25) is 0 Å². The summed E-state index contributed by atoms with van der Waals surface area (Å²) in [6, 6.07) is 1.60. The Bertz CT molecular complexity index is 637. The second-order valence-corrected chi connectivity index (χ2v) is 5.88. The standard InChI is InChI=1S/C12H11IN2O2S/c1-5-3-7(12(16)17)10(14)9(13)8(5)11-15-6(2)4-18-11/h3-4H,14H2,1-2H3,(H,16,17). The van der Waals surface area contributed by atoms with Crippen LogP contribution in [0.3, 0.4) is 0 Å². The zero-order valence-corrected chi connectivity index (χ0v) is 12.8. The molecule has 1 aromatic carbocycles. The predicted molar refractivity (Wildman–Crippen MR) is 81.1 cm³/mol. The molecule has 0 unspecified atom stereocenters. The Morgan fingerprint density at radius 1 is 1.50 bits per heavy atom. The summed E-state index contributed by atoms with van der Waals surface area (Å²) in [7, 11) is 0. The minimum atomic E-state index is -1.00. The van der Waals surface area contributed by atoms with Crippen LogP contribution in [-0.2, 0) is 0 Å². The lowest BCUT2D eigenvalue weighted by atomic mass is 10.0. The predicted octanol–water partition coefficient (Wildman–Crippen LogP) is 3.31. The first-order valence-corrected chi connectivity index (χ1v) is 7.12. The lowest BCUT2D eigenvalue weighted by Gasteiger charge is -2.11. The Kier molecular flexibility index (Phi) is 3.58. The van der Waals surface area contributed by atoms with Crippen molar-refractivity contribution in [3.8, 4) is 10.6 Å². The van der Waals surface area contributed by atoms with Crippen molar-refractivity contribution in [2.45, 2.75) is 13.8 Å². The van der Waals surface area contributed by atoms with E-state index in [1.165, 1.54) is 11.3 Å². The van der Waals surface area contributed by atoms with Crippen molar-refractivity contribution < 1.29 is 9.90 Å². The Morgan fingerprint density at radius 3 is 2.67 bits per heavy atom. The average Bonchev–Trinajstić information content (AvgIpc) is 2.70. The van der Waals surface area contributed by atoms with Gasteiger partial charge >= 0.3 is 5.97 Å². The first kappa shape index (κ1) is 13.3. The van der Waals surface area contributed by atoms with Gasteiger partial charge in [-0.25, -0.2) is 9.78 Å². The molecule has 6 heteroatoms. The molecule has 0 radical (unpaired) electrons. The molecular formula is C12H11IN2O2S. The molecular weight excluding hydrogens is 363 g/mol. The van der Waals surface area contributed by atoms with Gasteiger partial charge in [-0.1, -0.05) is 0 Å². The normalized spacial score (nSPS) is 10.6. The Hall–Kier alpha value is -1.15. The van der Waals surface area contributed by atoms with Crippen LogP contribution in [0.15, 0.2) is 11.4 Å². The van der Waals surface area contributed by atoms with Crippen LogP contribution >= 0.6 is 33.9 Å². The molecule has 0 aliphatic carbocycles. The van der Waals surface area contributed by atoms with Crippen molar-refractivity contribution in [1.29, 1.82) is 0 Å². The Labute approximate surface area is 122 Å². The maximum Gasteiger partial charge on any atom is 0.337 e. The molecule has 18 heavy (non-hydrogen) atoms. The van der Waals surface area contributed by atoms with E-state index in [-0.39, 0.29) is 5.56 Å². The minimum absolute atomic E-state index is 0.147. The van der Waals surface area contributed by atoms with Crippen molar-refractivity contribution >= 4 is 45.6 Å². The molecule has 0 bridgehead atoms. The summed E-state index contributed by atoms with van der Waals surface area (Å²) in [5.41, 5.74) is 9.09. The molecule has 4 nitrogen and oxygen atoms in total. The number of carbonyl (C=O) groups is 1. The van der Waals surface area contributed by atoms with Crippen LogP contribution in [-0.4, -0.2) is 16.1 Å². The summed E-state index contributed by atoms with van der Waals surface area (Å²) >= 11 is 3.62. The summed E-state index contributed by atoms with van der Waals surface area (Å²) in [5, 5.41) is 11.9. The van der Waals surface area contributed by atoms with E-state index >= 15 is 0 Å². The van der Waals surface area contributed by atoms with Gasteiger partial charge in [-0.15, -0.1) is 11.3 Å². The van der Waals surface area contributed by atoms with E-state index in [2.05, 4.69) is 27.6 Å². The van der Waals surface area contributed by atoms with Gasteiger partial charge in [0.1, 0.15) is 5.01 Å². The van der Waals surface area contributed by atoms with Gasteiger partial charge in [-0.2, -0.15) is 0 Å². The van der Waals surface area contributed by atoms with Gasteiger partial charge in [0.05, 0.1) is 11.3 Å². The number of hydrogen-bond donors (Lipinski definition) is 2. The van der Waals surface area contributed by atoms with E-state index < -0.39 is 5.97 Å². The topological polar surface area (TPSA) is 76.2 Å². The fourth-order valence-corrected chi connectivity index (χ4v) is 3.77. The van der Waals surface area contributed by atoms with Gasteiger partial charge in [0, 0.05) is 20.2 Å². The fourth-order valence-electron chi connectivity index (χ4n) is 1.70. The second-order valence-electron chi connectivity index (χ2n) is 3.94. The van der Waals surface area contributed by atoms with Crippen LogP contribution in [0.5, 0.6) is 0 Å². The second kappa shape index (κ2) is 4.85. The number of aromatic carboxylic acids is 1. The molecule has 0 spiro atoms. The van der Waals surface area contributed by atoms with Gasteiger partial charge in [-0.05, 0) is 48.1 Å². The molecule has 0 saturated heterocycles.